The maximum atomic E-state index is 10.6. The monoisotopic (exact) mass is 286 g/mol. The molecule has 1 unspecified atom stereocenters. The molecule has 1 aliphatic heterocycles. The molecule has 1 heterocycles. The standard InChI is InChI=1S/C16H14OS2/c17-10-12-5-7-14(8-6-12)18-11-15-9-13-3-1-2-4-16(13)19-15/h1-8,10,15H,9,11H2. The van der Waals surface area contributed by atoms with E-state index in [1.54, 1.807) is 0 Å². The zero-order valence-corrected chi connectivity index (χ0v) is 12.0. The normalized spacial score (nSPS) is 17.2. The third-order valence-electron chi connectivity index (χ3n) is 3.17. The molecule has 2 aromatic carbocycles. The van der Waals surface area contributed by atoms with E-state index in [9.17, 15) is 4.79 Å². The molecule has 2 aromatic rings. The van der Waals surface area contributed by atoms with Crippen molar-refractivity contribution in [3.8, 4) is 0 Å². The topological polar surface area (TPSA) is 17.1 Å². The van der Waals surface area contributed by atoms with E-state index in [1.165, 1.54) is 21.8 Å². The Morgan fingerprint density at radius 1 is 1.16 bits per heavy atom. The summed E-state index contributed by atoms with van der Waals surface area (Å²) in [5, 5.41) is 0.660. The molecular weight excluding hydrogens is 272 g/mol. The number of benzene rings is 2. The van der Waals surface area contributed by atoms with E-state index >= 15 is 0 Å². The molecule has 0 amide bonds. The Morgan fingerprint density at radius 2 is 1.95 bits per heavy atom. The second kappa shape index (κ2) is 5.85. The Balaban J connectivity index is 1.58. The fourth-order valence-corrected chi connectivity index (χ4v) is 4.56. The Bertz CT molecular complexity index is 553. The summed E-state index contributed by atoms with van der Waals surface area (Å²) in [5.41, 5.74) is 2.22. The van der Waals surface area contributed by atoms with Crippen molar-refractivity contribution in [2.45, 2.75) is 21.5 Å². The van der Waals surface area contributed by atoms with Crippen molar-refractivity contribution in [1.29, 1.82) is 0 Å². The highest BCUT2D eigenvalue weighted by Gasteiger charge is 2.21. The van der Waals surface area contributed by atoms with Gasteiger partial charge in [-0.2, -0.15) is 0 Å². The van der Waals surface area contributed by atoms with Crippen LogP contribution in [0.25, 0.3) is 0 Å². The molecule has 1 nitrogen and oxygen atoms in total. The molecule has 19 heavy (non-hydrogen) atoms. The number of carbonyl (C=O) groups is 1. The minimum Gasteiger partial charge on any atom is -0.298 e. The Hall–Kier alpha value is -1.19. The second-order valence-electron chi connectivity index (χ2n) is 4.55. The molecule has 3 rings (SSSR count). The summed E-state index contributed by atoms with van der Waals surface area (Å²) < 4.78 is 0. The minimum atomic E-state index is 0.660. The number of thioether (sulfide) groups is 2. The van der Waals surface area contributed by atoms with Crippen LogP contribution in [0.3, 0.4) is 0 Å². The molecule has 0 N–H and O–H groups in total. The van der Waals surface area contributed by atoms with E-state index in [-0.39, 0.29) is 0 Å². The zero-order valence-electron chi connectivity index (χ0n) is 10.4. The Morgan fingerprint density at radius 3 is 2.68 bits per heavy atom. The summed E-state index contributed by atoms with van der Waals surface area (Å²) in [5.74, 6) is 1.11. The van der Waals surface area contributed by atoms with Gasteiger partial charge >= 0.3 is 0 Å². The van der Waals surface area contributed by atoms with Gasteiger partial charge in [0, 0.05) is 26.4 Å². The number of hydrogen-bond acceptors (Lipinski definition) is 3. The fourth-order valence-electron chi connectivity index (χ4n) is 2.18. The van der Waals surface area contributed by atoms with Crippen LogP contribution in [0.2, 0.25) is 0 Å². The predicted molar refractivity (Wildman–Crippen MR) is 82.3 cm³/mol. The van der Waals surface area contributed by atoms with Crippen LogP contribution in [0.5, 0.6) is 0 Å². The molecule has 0 spiro atoms. The van der Waals surface area contributed by atoms with Crippen molar-refractivity contribution < 1.29 is 4.79 Å². The van der Waals surface area contributed by atoms with Gasteiger partial charge in [0.25, 0.3) is 0 Å². The predicted octanol–water partition coefficient (Wildman–Crippen LogP) is 4.31. The lowest BCUT2D eigenvalue weighted by Crippen LogP contribution is -2.03. The SMILES string of the molecule is O=Cc1ccc(SCC2Cc3ccccc3S2)cc1. The van der Waals surface area contributed by atoms with Gasteiger partial charge < -0.3 is 0 Å². The molecule has 0 bridgehead atoms. The highest BCUT2D eigenvalue weighted by Crippen LogP contribution is 2.39. The molecular formula is C16H14OS2. The quantitative estimate of drug-likeness (QED) is 0.616. The van der Waals surface area contributed by atoms with E-state index in [2.05, 4.69) is 24.3 Å². The van der Waals surface area contributed by atoms with Crippen molar-refractivity contribution in [1.82, 2.24) is 0 Å². The first-order valence-electron chi connectivity index (χ1n) is 6.28. The van der Waals surface area contributed by atoms with E-state index in [0.29, 0.717) is 5.25 Å². The molecule has 0 aliphatic carbocycles. The maximum absolute atomic E-state index is 10.6. The second-order valence-corrected chi connectivity index (χ2v) is 6.99. The molecule has 0 aromatic heterocycles. The van der Waals surface area contributed by atoms with Gasteiger partial charge in [-0.15, -0.1) is 23.5 Å². The third-order valence-corrected chi connectivity index (χ3v) is 5.87. The number of carbonyl (C=O) groups excluding carboxylic acids is 1. The molecule has 0 saturated carbocycles. The number of rotatable bonds is 4. The number of fused-ring (bicyclic) bond motifs is 1. The van der Waals surface area contributed by atoms with Crippen molar-refractivity contribution >= 4 is 29.8 Å². The first kappa shape index (κ1) is 12.8. The molecule has 0 radical (unpaired) electrons. The van der Waals surface area contributed by atoms with Crippen molar-refractivity contribution in [2.75, 3.05) is 5.75 Å². The average molecular weight is 286 g/mol. The van der Waals surface area contributed by atoms with Crippen LogP contribution in [0, 0.1) is 0 Å². The summed E-state index contributed by atoms with van der Waals surface area (Å²) in [7, 11) is 0. The Kier molecular flexibility index (Phi) is 3.95. The van der Waals surface area contributed by atoms with E-state index in [0.717, 1.165) is 17.6 Å². The highest BCUT2D eigenvalue weighted by molar-refractivity contribution is 8.03. The van der Waals surface area contributed by atoms with Crippen LogP contribution in [-0.2, 0) is 6.42 Å². The van der Waals surface area contributed by atoms with Crippen molar-refractivity contribution in [3.05, 3.63) is 59.7 Å². The van der Waals surface area contributed by atoms with Gasteiger partial charge in [0.2, 0.25) is 0 Å². The molecule has 1 aliphatic rings. The minimum absolute atomic E-state index is 0.660. The summed E-state index contributed by atoms with van der Waals surface area (Å²) in [6.07, 6.45) is 2.05. The summed E-state index contributed by atoms with van der Waals surface area (Å²) >= 11 is 3.86. The van der Waals surface area contributed by atoms with Gasteiger partial charge in [0.05, 0.1) is 0 Å². The maximum Gasteiger partial charge on any atom is 0.150 e. The highest BCUT2D eigenvalue weighted by atomic mass is 32.2. The van der Waals surface area contributed by atoms with Crippen molar-refractivity contribution in [2.24, 2.45) is 0 Å². The fraction of sp³-hybridized carbons (Fsp3) is 0.188. The van der Waals surface area contributed by atoms with Gasteiger partial charge in [0.15, 0.2) is 0 Å². The largest absolute Gasteiger partial charge is 0.298 e. The van der Waals surface area contributed by atoms with Crippen LogP contribution in [0.1, 0.15) is 15.9 Å². The Labute approximate surface area is 121 Å². The van der Waals surface area contributed by atoms with Crippen LogP contribution >= 0.6 is 23.5 Å². The number of hydrogen-bond donors (Lipinski definition) is 0. The first-order chi connectivity index (χ1) is 9.35. The number of aldehydes is 1. The lowest BCUT2D eigenvalue weighted by atomic mass is 10.1. The summed E-state index contributed by atoms with van der Waals surface area (Å²) in [4.78, 5) is 13.3. The van der Waals surface area contributed by atoms with Crippen molar-refractivity contribution in [3.63, 3.8) is 0 Å². The van der Waals surface area contributed by atoms with Gasteiger partial charge in [-0.05, 0) is 30.2 Å². The lowest BCUT2D eigenvalue weighted by molar-refractivity contribution is 0.112. The van der Waals surface area contributed by atoms with Crippen LogP contribution in [0.15, 0.2) is 58.3 Å². The van der Waals surface area contributed by atoms with Gasteiger partial charge in [-0.25, -0.2) is 0 Å². The first-order valence-corrected chi connectivity index (χ1v) is 8.14. The van der Waals surface area contributed by atoms with Crippen LogP contribution in [-0.4, -0.2) is 17.3 Å². The lowest BCUT2D eigenvalue weighted by Gasteiger charge is -2.07. The third kappa shape index (κ3) is 3.04. The molecule has 0 saturated heterocycles. The van der Waals surface area contributed by atoms with Crippen LogP contribution in [0.4, 0.5) is 0 Å². The molecule has 3 heteroatoms. The van der Waals surface area contributed by atoms with Gasteiger partial charge in [-0.3, -0.25) is 4.79 Å². The molecule has 1 atom stereocenters. The summed E-state index contributed by atoms with van der Waals surface area (Å²) in [6, 6.07) is 16.5. The van der Waals surface area contributed by atoms with E-state index in [4.69, 9.17) is 0 Å². The molecule has 96 valence electrons. The molecule has 0 fully saturated rings. The average Bonchev–Trinajstić information content (AvgIpc) is 2.88. The summed E-state index contributed by atoms with van der Waals surface area (Å²) in [6.45, 7) is 0. The smallest absolute Gasteiger partial charge is 0.150 e. The van der Waals surface area contributed by atoms with E-state index < -0.39 is 0 Å². The zero-order chi connectivity index (χ0) is 13.1. The van der Waals surface area contributed by atoms with Gasteiger partial charge in [0.1, 0.15) is 6.29 Å². The van der Waals surface area contributed by atoms with Crippen LogP contribution < -0.4 is 0 Å². The van der Waals surface area contributed by atoms with Gasteiger partial charge in [-0.1, -0.05) is 30.3 Å². The van der Waals surface area contributed by atoms with E-state index in [1.807, 2.05) is 47.8 Å².